The van der Waals surface area contributed by atoms with Gasteiger partial charge in [0, 0.05) is 13.0 Å². The predicted molar refractivity (Wildman–Crippen MR) is 77.3 cm³/mol. The maximum atomic E-state index is 12.4. The summed E-state index contributed by atoms with van der Waals surface area (Å²) in [5, 5.41) is 16.0. The zero-order valence-corrected chi connectivity index (χ0v) is 12.6. The number of amides is 1. The molecule has 0 aliphatic carbocycles. The topological polar surface area (TPSA) is 66.9 Å². The SMILES string of the molecule is CCC1(C(=O)Nc2nnc(CC(C)C)s2)CCNC1. The highest BCUT2D eigenvalue weighted by atomic mass is 32.1. The largest absolute Gasteiger partial charge is 0.316 e. The van der Waals surface area contributed by atoms with Crippen LogP contribution in [0.2, 0.25) is 0 Å². The quantitative estimate of drug-likeness (QED) is 0.867. The van der Waals surface area contributed by atoms with Gasteiger partial charge in [-0.25, -0.2) is 0 Å². The van der Waals surface area contributed by atoms with E-state index in [9.17, 15) is 4.79 Å². The maximum Gasteiger partial charge on any atom is 0.233 e. The van der Waals surface area contributed by atoms with Crippen LogP contribution >= 0.6 is 11.3 Å². The number of hydrogen-bond acceptors (Lipinski definition) is 5. The first-order chi connectivity index (χ1) is 9.05. The van der Waals surface area contributed by atoms with Gasteiger partial charge in [0.2, 0.25) is 11.0 Å². The minimum atomic E-state index is -0.274. The summed E-state index contributed by atoms with van der Waals surface area (Å²) in [4.78, 5) is 12.4. The Bertz CT molecular complexity index is 438. The van der Waals surface area contributed by atoms with Crippen LogP contribution < -0.4 is 10.6 Å². The van der Waals surface area contributed by atoms with Gasteiger partial charge in [-0.3, -0.25) is 10.1 Å². The molecule has 2 rings (SSSR count). The number of aromatic nitrogens is 2. The van der Waals surface area contributed by atoms with Crippen LogP contribution in [-0.2, 0) is 11.2 Å². The van der Waals surface area contributed by atoms with Crippen molar-refractivity contribution in [3.63, 3.8) is 0 Å². The van der Waals surface area contributed by atoms with Crippen LogP contribution in [0.5, 0.6) is 0 Å². The van der Waals surface area contributed by atoms with Gasteiger partial charge < -0.3 is 5.32 Å². The number of anilines is 1. The van der Waals surface area contributed by atoms with E-state index in [0.29, 0.717) is 11.0 Å². The number of nitrogens with zero attached hydrogens (tertiary/aromatic N) is 2. The second-order valence-corrected chi connectivity index (χ2v) is 6.68. The summed E-state index contributed by atoms with van der Waals surface area (Å²) >= 11 is 1.48. The second-order valence-electron chi connectivity index (χ2n) is 5.61. The molecule has 5 nitrogen and oxygen atoms in total. The zero-order valence-electron chi connectivity index (χ0n) is 11.8. The Labute approximate surface area is 118 Å². The summed E-state index contributed by atoms with van der Waals surface area (Å²) in [7, 11) is 0. The van der Waals surface area contributed by atoms with Crippen molar-refractivity contribution in [3.8, 4) is 0 Å². The molecule has 1 amide bonds. The molecule has 1 unspecified atom stereocenters. The highest BCUT2D eigenvalue weighted by Gasteiger charge is 2.39. The van der Waals surface area contributed by atoms with E-state index in [1.807, 2.05) is 0 Å². The second kappa shape index (κ2) is 5.96. The molecule has 0 bridgehead atoms. The van der Waals surface area contributed by atoms with Crippen molar-refractivity contribution >= 4 is 22.4 Å². The van der Waals surface area contributed by atoms with Gasteiger partial charge in [0.25, 0.3) is 0 Å². The lowest BCUT2D eigenvalue weighted by atomic mass is 9.83. The monoisotopic (exact) mass is 282 g/mol. The van der Waals surface area contributed by atoms with Crippen molar-refractivity contribution in [1.82, 2.24) is 15.5 Å². The Morgan fingerprint density at radius 1 is 1.53 bits per heavy atom. The smallest absolute Gasteiger partial charge is 0.233 e. The van der Waals surface area contributed by atoms with Gasteiger partial charge in [-0.1, -0.05) is 32.1 Å². The van der Waals surface area contributed by atoms with E-state index in [2.05, 4.69) is 41.6 Å². The van der Waals surface area contributed by atoms with E-state index in [4.69, 9.17) is 0 Å². The van der Waals surface area contributed by atoms with Gasteiger partial charge >= 0.3 is 0 Å². The molecule has 0 aromatic carbocycles. The molecule has 6 heteroatoms. The Hall–Kier alpha value is -1.01. The summed E-state index contributed by atoms with van der Waals surface area (Å²) in [6.45, 7) is 8.03. The minimum Gasteiger partial charge on any atom is -0.316 e. The lowest BCUT2D eigenvalue weighted by molar-refractivity contribution is -0.124. The van der Waals surface area contributed by atoms with Crippen molar-refractivity contribution in [3.05, 3.63) is 5.01 Å². The molecule has 1 aliphatic rings. The average molecular weight is 282 g/mol. The number of carbonyl (C=O) groups is 1. The number of nitrogens with one attached hydrogen (secondary N) is 2. The highest BCUT2D eigenvalue weighted by Crippen LogP contribution is 2.31. The first-order valence-corrected chi connectivity index (χ1v) is 7.72. The van der Waals surface area contributed by atoms with Crippen LogP contribution in [0.3, 0.4) is 0 Å². The fourth-order valence-electron chi connectivity index (χ4n) is 2.37. The first kappa shape index (κ1) is 14.4. The van der Waals surface area contributed by atoms with Crippen LogP contribution in [0.15, 0.2) is 0 Å². The Kier molecular flexibility index (Phi) is 4.52. The van der Waals surface area contributed by atoms with Crippen LogP contribution in [-0.4, -0.2) is 29.2 Å². The fraction of sp³-hybridized carbons (Fsp3) is 0.769. The van der Waals surface area contributed by atoms with Gasteiger partial charge in [-0.15, -0.1) is 10.2 Å². The van der Waals surface area contributed by atoms with Crippen LogP contribution in [0, 0.1) is 11.3 Å². The van der Waals surface area contributed by atoms with Crippen molar-refractivity contribution < 1.29 is 4.79 Å². The molecule has 1 fully saturated rings. The lowest BCUT2D eigenvalue weighted by Crippen LogP contribution is -2.37. The predicted octanol–water partition coefficient (Wildman–Crippen LogP) is 2.06. The summed E-state index contributed by atoms with van der Waals surface area (Å²) in [6, 6.07) is 0. The van der Waals surface area contributed by atoms with Crippen molar-refractivity contribution in [2.24, 2.45) is 11.3 Å². The molecule has 106 valence electrons. The molecule has 1 saturated heterocycles. The summed E-state index contributed by atoms with van der Waals surface area (Å²) < 4.78 is 0. The molecular formula is C13H22N4OS. The van der Waals surface area contributed by atoms with Crippen molar-refractivity contribution in [1.29, 1.82) is 0 Å². The fourth-order valence-corrected chi connectivity index (χ4v) is 3.31. The minimum absolute atomic E-state index is 0.0762. The third kappa shape index (κ3) is 3.30. The Balaban J connectivity index is 2.00. The lowest BCUT2D eigenvalue weighted by Gasteiger charge is -2.24. The molecule has 2 heterocycles. The third-order valence-corrected chi connectivity index (χ3v) is 4.53. The molecule has 2 N–H and O–H groups in total. The molecule has 19 heavy (non-hydrogen) atoms. The van der Waals surface area contributed by atoms with E-state index in [1.54, 1.807) is 0 Å². The van der Waals surface area contributed by atoms with E-state index < -0.39 is 0 Å². The maximum absolute atomic E-state index is 12.4. The first-order valence-electron chi connectivity index (χ1n) is 6.90. The molecule has 1 aliphatic heterocycles. The summed E-state index contributed by atoms with van der Waals surface area (Å²) in [5.74, 6) is 0.629. The molecular weight excluding hydrogens is 260 g/mol. The van der Waals surface area contributed by atoms with Gasteiger partial charge in [-0.2, -0.15) is 0 Å². The van der Waals surface area contributed by atoms with Crippen LogP contribution in [0.4, 0.5) is 5.13 Å². The normalized spacial score (nSPS) is 22.9. The number of hydrogen-bond donors (Lipinski definition) is 2. The highest BCUT2D eigenvalue weighted by molar-refractivity contribution is 7.15. The van der Waals surface area contributed by atoms with E-state index >= 15 is 0 Å². The molecule has 1 atom stereocenters. The van der Waals surface area contributed by atoms with E-state index in [1.165, 1.54) is 11.3 Å². The van der Waals surface area contributed by atoms with Crippen LogP contribution in [0.1, 0.15) is 38.6 Å². The number of rotatable bonds is 5. The Morgan fingerprint density at radius 2 is 2.32 bits per heavy atom. The molecule has 0 radical (unpaired) electrons. The van der Waals surface area contributed by atoms with Crippen LogP contribution in [0.25, 0.3) is 0 Å². The number of carbonyl (C=O) groups excluding carboxylic acids is 1. The molecule has 1 aromatic heterocycles. The Morgan fingerprint density at radius 3 is 2.89 bits per heavy atom. The molecule has 1 aromatic rings. The van der Waals surface area contributed by atoms with Gasteiger partial charge in [-0.05, 0) is 25.3 Å². The summed E-state index contributed by atoms with van der Waals surface area (Å²) in [5.41, 5.74) is -0.274. The van der Waals surface area contributed by atoms with E-state index in [0.717, 1.165) is 37.4 Å². The van der Waals surface area contributed by atoms with Crippen molar-refractivity contribution in [2.75, 3.05) is 18.4 Å². The molecule has 0 spiro atoms. The van der Waals surface area contributed by atoms with E-state index in [-0.39, 0.29) is 11.3 Å². The molecule has 0 saturated carbocycles. The van der Waals surface area contributed by atoms with Gasteiger partial charge in [0.1, 0.15) is 5.01 Å². The standard InChI is InChI=1S/C13H22N4OS/c1-4-13(5-6-14-8-13)11(18)15-12-17-16-10(19-12)7-9(2)3/h9,14H,4-8H2,1-3H3,(H,15,17,18). The third-order valence-electron chi connectivity index (χ3n) is 3.67. The van der Waals surface area contributed by atoms with Gasteiger partial charge in [0.05, 0.1) is 5.41 Å². The average Bonchev–Trinajstić information content (AvgIpc) is 2.98. The van der Waals surface area contributed by atoms with Crippen molar-refractivity contribution in [2.45, 2.75) is 40.0 Å². The summed E-state index contributed by atoms with van der Waals surface area (Å²) in [6.07, 6.45) is 2.66. The zero-order chi connectivity index (χ0) is 13.9. The van der Waals surface area contributed by atoms with Gasteiger partial charge in [0.15, 0.2) is 0 Å².